The maximum Gasteiger partial charge on any atom is 0.325 e. The fourth-order valence-corrected chi connectivity index (χ4v) is 3.58. The molecule has 0 saturated heterocycles. The van der Waals surface area contributed by atoms with Gasteiger partial charge in [-0.1, -0.05) is 18.2 Å². The van der Waals surface area contributed by atoms with Crippen molar-refractivity contribution in [3.63, 3.8) is 0 Å². The average Bonchev–Trinajstić information content (AvgIpc) is 2.69. The molecule has 0 aromatic heterocycles. The van der Waals surface area contributed by atoms with Gasteiger partial charge in [-0.3, -0.25) is 9.69 Å². The molecule has 150 valence electrons. The Hall–Kier alpha value is -2.93. The SMILES string of the molecule is COc1cccc2c1OCCCN(C(C(=O)O)c1c(OC)cccc1OC)C2. The molecule has 0 radical (unpaired) electrons. The summed E-state index contributed by atoms with van der Waals surface area (Å²) >= 11 is 0. The number of fused-ring (bicyclic) bond motifs is 1. The summed E-state index contributed by atoms with van der Waals surface area (Å²) in [6.07, 6.45) is 0.679. The molecule has 0 saturated carbocycles. The summed E-state index contributed by atoms with van der Waals surface area (Å²) in [6, 6.07) is 9.98. The van der Waals surface area contributed by atoms with Gasteiger partial charge in [-0.15, -0.1) is 0 Å². The van der Waals surface area contributed by atoms with Crippen LogP contribution < -0.4 is 18.9 Å². The number of ether oxygens (including phenoxy) is 4. The minimum atomic E-state index is -0.964. The van der Waals surface area contributed by atoms with Crippen LogP contribution >= 0.6 is 0 Å². The van der Waals surface area contributed by atoms with E-state index in [4.69, 9.17) is 18.9 Å². The van der Waals surface area contributed by atoms with E-state index in [0.717, 1.165) is 5.56 Å². The molecule has 2 aromatic rings. The molecule has 1 aliphatic rings. The number of carbonyl (C=O) groups is 1. The molecule has 1 aliphatic heterocycles. The second-order valence-corrected chi connectivity index (χ2v) is 6.44. The molecular weight excluding hydrogens is 362 g/mol. The summed E-state index contributed by atoms with van der Waals surface area (Å²) in [4.78, 5) is 14.3. The van der Waals surface area contributed by atoms with Crippen LogP contribution in [0.3, 0.4) is 0 Å². The van der Waals surface area contributed by atoms with Gasteiger partial charge in [0.25, 0.3) is 0 Å². The molecule has 0 spiro atoms. The Balaban J connectivity index is 2.07. The zero-order valence-corrected chi connectivity index (χ0v) is 16.3. The lowest BCUT2D eigenvalue weighted by Crippen LogP contribution is -2.36. The number of para-hydroxylation sites is 1. The zero-order chi connectivity index (χ0) is 20.1. The molecule has 1 atom stereocenters. The van der Waals surface area contributed by atoms with Crippen molar-refractivity contribution in [2.75, 3.05) is 34.5 Å². The molecule has 3 rings (SSSR count). The molecular formula is C21H25NO6. The van der Waals surface area contributed by atoms with Crippen LogP contribution in [0.4, 0.5) is 0 Å². The van der Waals surface area contributed by atoms with E-state index in [1.54, 1.807) is 25.3 Å². The van der Waals surface area contributed by atoms with Crippen LogP contribution in [0.2, 0.25) is 0 Å². The quantitative estimate of drug-likeness (QED) is 0.816. The van der Waals surface area contributed by atoms with Gasteiger partial charge in [-0.2, -0.15) is 0 Å². The lowest BCUT2D eigenvalue weighted by atomic mass is 10.0. The third-order valence-corrected chi connectivity index (χ3v) is 4.83. The largest absolute Gasteiger partial charge is 0.496 e. The molecule has 1 heterocycles. The molecule has 1 unspecified atom stereocenters. The molecule has 0 aliphatic carbocycles. The van der Waals surface area contributed by atoms with Crippen molar-refractivity contribution in [1.29, 1.82) is 0 Å². The highest BCUT2D eigenvalue weighted by Crippen LogP contribution is 2.40. The Morgan fingerprint density at radius 3 is 2.25 bits per heavy atom. The Bertz CT molecular complexity index is 815. The van der Waals surface area contributed by atoms with Crippen LogP contribution in [0.5, 0.6) is 23.0 Å². The second-order valence-electron chi connectivity index (χ2n) is 6.44. The highest BCUT2D eigenvalue weighted by molar-refractivity contribution is 5.78. The van der Waals surface area contributed by atoms with E-state index in [1.807, 2.05) is 23.1 Å². The van der Waals surface area contributed by atoms with Crippen LogP contribution in [-0.4, -0.2) is 50.5 Å². The van der Waals surface area contributed by atoms with Gasteiger partial charge in [0.2, 0.25) is 0 Å². The van der Waals surface area contributed by atoms with Crippen LogP contribution in [-0.2, 0) is 11.3 Å². The van der Waals surface area contributed by atoms with E-state index < -0.39 is 12.0 Å². The first-order valence-electron chi connectivity index (χ1n) is 9.07. The standard InChI is InChI=1S/C21H25NO6/c1-25-15-8-5-9-16(26-2)18(15)19(21(23)24)22-11-6-12-28-20-14(13-22)7-4-10-17(20)27-3/h4-5,7-10,19H,6,11-13H2,1-3H3,(H,23,24). The molecule has 0 fully saturated rings. The zero-order valence-electron chi connectivity index (χ0n) is 16.3. The minimum absolute atomic E-state index is 0.394. The molecule has 1 N–H and O–H groups in total. The van der Waals surface area contributed by atoms with Gasteiger partial charge in [0.15, 0.2) is 11.5 Å². The highest BCUT2D eigenvalue weighted by atomic mass is 16.5. The van der Waals surface area contributed by atoms with Crippen molar-refractivity contribution >= 4 is 5.97 Å². The topological polar surface area (TPSA) is 77.5 Å². The Morgan fingerprint density at radius 1 is 1.04 bits per heavy atom. The van der Waals surface area contributed by atoms with Crippen LogP contribution in [0, 0.1) is 0 Å². The summed E-state index contributed by atoms with van der Waals surface area (Å²) in [6.45, 7) is 1.42. The van der Waals surface area contributed by atoms with E-state index in [1.165, 1.54) is 14.2 Å². The fraction of sp³-hybridized carbons (Fsp3) is 0.381. The number of nitrogens with zero attached hydrogens (tertiary/aromatic N) is 1. The van der Waals surface area contributed by atoms with Crippen LogP contribution in [0.15, 0.2) is 36.4 Å². The normalized spacial score (nSPS) is 15.4. The third-order valence-electron chi connectivity index (χ3n) is 4.83. The van der Waals surface area contributed by atoms with E-state index in [9.17, 15) is 9.90 Å². The maximum absolute atomic E-state index is 12.4. The monoisotopic (exact) mass is 387 g/mol. The van der Waals surface area contributed by atoms with Gasteiger partial charge in [0.1, 0.15) is 17.5 Å². The first-order chi connectivity index (χ1) is 13.6. The first kappa shape index (κ1) is 19.8. The predicted octanol–water partition coefficient (Wildman–Crippen LogP) is 3.12. The third kappa shape index (κ3) is 3.84. The number of methoxy groups -OCH3 is 3. The first-order valence-corrected chi connectivity index (χ1v) is 9.07. The molecule has 7 heteroatoms. The summed E-state index contributed by atoms with van der Waals surface area (Å²) in [5.74, 6) is 1.30. The molecule has 28 heavy (non-hydrogen) atoms. The summed E-state index contributed by atoms with van der Waals surface area (Å²) in [7, 11) is 4.65. The van der Waals surface area contributed by atoms with Gasteiger partial charge in [0, 0.05) is 18.7 Å². The van der Waals surface area contributed by atoms with Crippen molar-refractivity contribution in [2.45, 2.75) is 19.0 Å². The number of carboxylic acids is 1. The Morgan fingerprint density at radius 2 is 1.64 bits per heavy atom. The summed E-state index contributed by atoms with van der Waals surface area (Å²) in [5, 5.41) is 10.1. The molecule has 0 amide bonds. The Kier molecular flexibility index (Phi) is 6.26. The average molecular weight is 387 g/mol. The van der Waals surface area contributed by atoms with Crippen LogP contribution in [0.25, 0.3) is 0 Å². The minimum Gasteiger partial charge on any atom is -0.496 e. The van der Waals surface area contributed by atoms with Gasteiger partial charge >= 0.3 is 5.97 Å². The number of rotatable bonds is 6. The van der Waals surface area contributed by atoms with E-state index >= 15 is 0 Å². The van der Waals surface area contributed by atoms with Gasteiger partial charge < -0.3 is 24.1 Å². The molecule has 7 nitrogen and oxygen atoms in total. The van der Waals surface area contributed by atoms with Gasteiger partial charge in [0.05, 0.1) is 33.5 Å². The number of carboxylic acid groups (broad SMARTS) is 1. The van der Waals surface area contributed by atoms with Crippen LogP contribution in [0.1, 0.15) is 23.6 Å². The number of benzene rings is 2. The van der Waals surface area contributed by atoms with Crippen molar-refractivity contribution in [3.8, 4) is 23.0 Å². The Labute approximate surface area is 164 Å². The maximum atomic E-state index is 12.4. The number of hydrogen-bond acceptors (Lipinski definition) is 6. The van der Waals surface area contributed by atoms with Crippen molar-refractivity contribution in [2.24, 2.45) is 0 Å². The summed E-state index contributed by atoms with van der Waals surface area (Å²) < 4.78 is 22.2. The van der Waals surface area contributed by atoms with E-state index in [-0.39, 0.29) is 0 Å². The second kappa shape index (κ2) is 8.84. The number of hydrogen-bond donors (Lipinski definition) is 1. The predicted molar refractivity (Wildman–Crippen MR) is 103 cm³/mol. The van der Waals surface area contributed by atoms with Crippen molar-refractivity contribution in [1.82, 2.24) is 4.90 Å². The van der Waals surface area contributed by atoms with Gasteiger partial charge in [-0.05, 0) is 24.6 Å². The van der Waals surface area contributed by atoms with E-state index in [0.29, 0.717) is 54.7 Å². The van der Waals surface area contributed by atoms with Gasteiger partial charge in [-0.25, -0.2) is 0 Å². The van der Waals surface area contributed by atoms with Crippen molar-refractivity contribution < 1.29 is 28.8 Å². The number of aliphatic carboxylic acids is 1. The molecule has 0 bridgehead atoms. The lowest BCUT2D eigenvalue weighted by molar-refractivity contribution is -0.144. The van der Waals surface area contributed by atoms with E-state index in [2.05, 4.69) is 0 Å². The lowest BCUT2D eigenvalue weighted by Gasteiger charge is -2.33. The fourth-order valence-electron chi connectivity index (χ4n) is 3.58. The summed E-state index contributed by atoms with van der Waals surface area (Å²) in [5.41, 5.74) is 1.38. The molecule has 2 aromatic carbocycles. The highest BCUT2D eigenvalue weighted by Gasteiger charge is 2.34. The smallest absolute Gasteiger partial charge is 0.325 e. The van der Waals surface area contributed by atoms with Crippen molar-refractivity contribution in [3.05, 3.63) is 47.5 Å².